The predicted molar refractivity (Wildman–Crippen MR) is 80.5 cm³/mol. The van der Waals surface area contributed by atoms with E-state index in [4.69, 9.17) is 9.94 Å². The zero-order valence-electron chi connectivity index (χ0n) is 12.6. The Hall–Kier alpha value is -1.86. The molecule has 2 fully saturated rings. The Balaban J connectivity index is 1.46. The molecule has 7 nitrogen and oxygen atoms in total. The van der Waals surface area contributed by atoms with Crippen LogP contribution in [0, 0.1) is 16.5 Å². The Bertz CT molecular complexity index is 532. The predicted octanol–water partition coefficient (Wildman–Crippen LogP) is 1.94. The molecule has 1 aliphatic carbocycles. The van der Waals surface area contributed by atoms with Crippen LogP contribution < -0.4 is 10.1 Å². The van der Waals surface area contributed by atoms with Crippen LogP contribution in [0.15, 0.2) is 18.3 Å². The van der Waals surface area contributed by atoms with Crippen LogP contribution in [-0.4, -0.2) is 35.9 Å². The Labute approximate surface area is 129 Å². The SMILES string of the molecule is CCOC(=O)CC1CC2(C1)CN(c1ccc(N([O-])O)cn1)C2. The van der Waals surface area contributed by atoms with E-state index in [1.54, 1.807) is 12.1 Å². The van der Waals surface area contributed by atoms with Gasteiger partial charge in [0.1, 0.15) is 5.82 Å². The van der Waals surface area contributed by atoms with Gasteiger partial charge < -0.3 is 20.1 Å². The quantitative estimate of drug-likeness (QED) is 0.657. The number of carbonyl (C=O) groups is 1. The lowest BCUT2D eigenvalue weighted by atomic mass is 9.57. The topological polar surface area (TPSA) is 89.0 Å². The number of ether oxygens (including phenoxy) is 1. The molecule has 0 atom stereocenters. The molecule has 1 aliphatic heterocycles. The molecule has 0 bridgehead atoms. The molecule has 0 radical (unpaired) electrons. The van der Waals surface area contributed by atoms with E-state index in [0.29, 0.717) is 24.4 Å². The van der Waals surface area contributed by atoms with Crippen molar-refractivity contribution >= 4 is 17.5 Å². The molecule has 2 heterocycles. The molecule has 0 aromatic carbocycles. The fourth-order valence-corrected chi connectivity index (χ4v) is 3.63. The average Bonchev–Trinajstić information content (AvgIpc) is 2.40. The molecule has 1 aromatic heterocycles. The van der Waals surface area contributed by atoms with Crippen molar-refractivity contribution in [3.63, 3.8) is 0 Å². The maximum absolute atomic E-state index is 11.4. The molecule has 1 spiro atoms. The molecule has 120 valence electrons. The van der Waals surface area contributed by atoms with Gasteiger partial charge >= 0.3 is 5.97 Å². The number of hydrogen-bond donors (Lipinski definition) is 1. The van der Waals surface area contributed by atoms with Crippen LogP contribution in [0.25, 0.3) is 0 Å². The van der Waals surface area contributed by atoms with Crippen LogP contribution in [0.1, 0.15) is 26.2 Å². The lowest BCUT2D eigenvalue weighted by Gasteiger charge is -2.59. The summed E-state index contributed by atoms with van der Waals surface area (Å²) >= 11 is 0. The molecular formula is C15H20N3O4-. The highest BCUT2D eigenvalue weighted by molar-refractivity contribution is 5.69. The van der Waals surface area contributed by atoms with Crippen molar-refractivity contribution in [2.45, 2.75) is 26.2 Å². The van der Waals surface area contributed by atoms with E-state index in [9.17, 15) is 10.0 Å². The maximum atomic E-state index is 11.4. The van der Waals surface area contributed by atoms with E-state index in [1.807, 2.05) is 6.92 Å². The van der Waals surface area contributed by atoms with Crippen LogP contribution in [0.2, 0.25) is 0 Å². The number of nitrogens with zero attached hydrogens (tertiary/aromatic N) is 3. The second-order valence-electron chi connectivity index (χ2n) is 6.29. The lowest BCUT2D eigenvalue weighted by molar-refractivity contribution is -0.146. The van der Waals surface area contributed by atoms with E-state index < -0.39 is 0 Å². The van der Waals surface area contributed by atoms with Crippen molar-refractivity contribution in [3.8, 4) is 0 Å². The third kappa shape index (κ3) is 2.86. The van der Waals surface area contributed by atoms with Gasteiger partial charge in [-0.2, -0.15) is 0 Å². The Kier molecular flexibility index (Phi) is 3.92. The molecule has 0 amide bonds. The summed E-state index contributed by atoms with van der Waals surface area (Å²) in [5, 5.41) is 19.3. The monoisotopic (exact) mass is 306 g/mol. The van der Waals surface area contributed by atoms with E-state index in [2.05, 4.69) is 9.88 Å². The molecular weight excluding hydrogens is 286 g/mol. The number of anilines is 2. The van der Waals surface area contributed by atoms with Crippen molar-refractivity contribution in [3.05, 3.63) is 23.5 Å². The summed E-state index contributed by atoms with van der Waals surface area (Å²) in [7, 11) is 0. The summed E-state index contributed by atoms with van der Waals surface area (Å²) < 4.78 is 4.98. The fraction of sp³-hybridized carbons (Fsp3) is 0.600. The molecule has 1 saturated carbocycles. The smallest absolute Gasteiger partial charge is 0.306 e. The first-order chi connectivity index (χ1) is 10.5. The van der Waals surface area contributed by atoms with Crippen LogP contribution >= 0.6 is 0 Å². The molecule has 0 unspecified atom stereocenters. The highest BCUT2D eigenvalue weighted by Crippen LogP contribution is 2.53. The van der Waals surface area contributed by atoms with E-state index in [0.717, 1.165) is 31.7 Å². The highest BCUT2D eigenvalue weighted by Gasteiger charge is 2.52. The molecule has 22 heavy (non-hydrogen) atoms. The summed E-state index contributed by atoms with van der Waals surface area (Å²) in [4.78, 5) is 17.8. The lowest BCUT2D eigenvalue weighted by Crippen LogP contribution is -2.62. The molecule has 7 heteroatoms. The van der Waals surface area contributed by atoms with Crippen LogP contribution in [0.5, 0.6) is 0 Å². The number of carbonyl (C=O) groups excluding carboxylic acids is 1. The van der Waals surface area contributed by atoms with Crippen molar-refractivity contribution in [2.24, 2.45) is 11.3 Å². The van der Waals surface area contributed by atoms with Gasteiger partial charge in [0.05, 0.1) is 18.5 Å². The van der Waals surface area contributed by atoms with Gasteiger partial charge in [-0.3, -0.25) is 10.0 Å². The van der Waals surface area contributed by atoms with Crippen LogP contribution in [0.4, 0.5) is 11.5 Å². The highest BCUT2D eigenvalue weighted by atomic mass is 16.8. The van der Waals surface area contributed by atoms with Gasteiger partial charge in [-0.25, -0.2) is 4.98 Å². The molecule has 3 rings (SSSR count). The third-order valence-corrected chi connectivity index (χ3v) is 4.53. The van der Waals surface area contributed by atoms with Crippen LogP contribution in [0.3, 0.4) is 0 Å². The summed E-state index contributed by atoms with van der Waals surface area (Å²) in [5.41, 5.74) is 0.441. The van der Waals surface area contributed by atoms with Gasteiger partial charge in [0.2, 0.25) is 0 Å². The van der Waals surface area contributed by atoms with Gasteiger partial charge in [-0.1, -0.05) is 0 Å². The number of esters is 1. The van der Waals surface area contributed by atoms with Crippen molar-refractivity contribution < 1.29 is 14.7 Å². The summed E-state index contributed by atoms with van der Waals surface area (Å²) in [6.07, 6.45) is 4.01. The summed E-state index contributed by atoms with van der Waals surface area (Å²) in [6, 6.07) is 3.28. The normalized spacial score (nSPS) is 19.5. The summed E-state index contributed by atoms with van der Waals surface area (Å²) in [6.45, 7) is 4.13. The van der Waals surface area contributed by atoms with Gasteiger partial charge in [0, 0.05) is 24.9 Å². The van der Waals surface area contributed by atoms with Gasteiger partial charge in [-0.05, 0) is 37.8 Å². The zero-order chi connectivity index (χ0) is 15.7. The van der Waals surface area contributed by atoms with E-state index in [-0.39, 0.29) is 16.9 Å². The molecule has 2 aliphatic rings. The Morgan fingerprint density at radius 1 is 1.55 bits per heavy atom. The number of rotatable bonds is 5. The van der Waals surface area contributed by atoms with Gasteiger partial charge in [-0.15, -0.1) is 0 Å². The first-order valence-electron chi connectivity index (χ1n) is 7.54. The minimum absolute atomic E-state index is 0.0954. The number of pyridine rings is 1. The first kappa shape index (κ1) is 15.1. The first-order valence-corrected chi connectivity index (χ1v) is 7.54. The fourth-order valence-electron chi connectivity index (χ4n) is 3.63. The average molecular weight is 306 g/mol. The third-order valence-electron chi connectivity index (χ3n) is 4.53. The van der Waals surface area contributed by atoms with Gasteiger partial charge in [0.15, 0.2) is 0 Å². The Morgan fingerprint density at radius 2 is 2.27 bits per heavy atom. The van der Waals surface area contributed by atoms with Crippen molar-refractivity contribution in [2.75, 3.05) is 29.8 Å². The van der Waals surface area contributed by atoms with Crippen LogP contribution in [-0.2, 0) is 9.53 Å². The molecule has 1 aromatic rings. The van der Waals surface area contributed by atoms with E-state index in [1.165, 1.54) is 6.20 Å². The standard InChI is InChI=1S/C15H20N3O4/c1-2-22-14(19)5-11-6-15(7-11)9-17(10-15)13-4-3-12(8-16-13)18(20)21/h3-4,8,11,20H,2,5-7,9-10H2,1H3/q-1. The van der Waals surface area contributed by atoms with E-state index >= 15 is 0 Å². The van der Waals surface area contributed by atoms with Crippen molar-refractivity contribution in [1.29, 1.82) is 0 Å². The number of hydrogen-bond acceptors (Lipinski definition) is 7. The maximum Gasteiger partial charge on any atom is 0.306 e. The minimum atomic E-state index is -0.194. The second-order valence-corrected chi connectivity index (χ2v) is 6.29. The molecule has 1 saturated heterocycles. The second kappa shape index (κ2) is 5.73. The summed E-state index contributed by atoms with van der Waals surface area (Å²) in [5.74, 6) is 1.16. The number of aromatic nitrogens is 1. The molecule has 1 N–H and O–H groups in total. The Morgan fingerprint density at radius 3 is 2.82 bits per heavy atom. The minimum Gasteiger partial charge on any atom is -0.733 e. The largest absolute Gasteiger partial charge is 0.733 e. The van der Waals surface area contributed by atoms with Gasteiger partial charge in [0.25, 0.3) is 0 Å². The zero-order valence-corrected chi connectivity index (χ0v) is 12.6. The van der Waals surface area contributed by atoms with Crippen molar-refractivity contribution in [1.82, 2.24) is 4.98 Å².